The van der Waals surface area contributed by atoms with Crippen molar-refractivity contribution in [3.8, 4) is 5.75 Å². The van der Waals surface area contributed by atoms with Gasteiger partial charge in [0.05, 0.1) is 12.8 Å². The molecule has 1 aromatic heterocycles. The Morgan fingerprint density at radius 2 is 2.00 bits per heavy atom. The molecule has 0 spiro atoms. The number of methoxy groups -OCH3 is 1. The number of nitrogens with one attached hydrogen (secondary N) is 1. The van der Waals surface area contributed by atoms with Crippen LogP contribution in [-0.2, 0) is 16.6 Å². The standard InChI is InChI=1S/C17H15N3O3S/c1-19-8-4-6-11(19)10-14-15(21)18-17(24)20(16(14)22)12-5-3-7-13(9-12)23-2/h3-10H,1-2H3,(H,18,21,24)/b14-10+. The van der Waals surface area contributed by atoms with E-state index < -0.39 is 11.8 Å². The minimum atomic E-state index is -0.509. The van der Waals surface area contributed by atoms with Gasteiger partial charge in [-0.2, -0.15) is 0 Å². The van der Waals surface area contributed by atoms with Crippen LogP contribution < -0.4 is 15.0 Å². The molecule has 0 aliphatic carbocycles. The van der Waals surface area contributed by atoms with Crippen LogP contribution in [0.1, 0.15) is 5.69 Å². The normalized spacial score (nSPS) is 16.5. The van der Waals surface area contributed by atoms with Crippen molar-refractivity contribution in [2.24, 2.45) is 7.05 Å². The average Bonchev–Trinajstić information content (AvgIpc) is 2.96. The molecule has 1 aromatic carbocycles. The number of aryl methyl sites for hydroxylation is 1. The summed E-state index contributed by atoms with van der Waals surface area (Å²) >= 11 is 5.17. The molecule has 6 nitrogen and oxygen atoms in total. The number of rotatable bonds is 3. The smallest absolute Gasteiger partial charge is 0.270 e. The van der Waals surface area contributed by atoms with Gasteiger partial charge in [0, 0.05) is 25.0 Å². The summed E-state index contributed by atoms with van der Waals surface area (Å²) in [4.78, 5) is 26.3. The van der Waals surface area contributed by atoms with E-state index in [9.17, 15) is 9.59 Å². The first kappa shape index (κ1) is 15.9. The van der Waals surface area contributed by atoms with Crippen molar-refractivity contribution in [3.63, 3.8) is 0 Å². The van der Waals surface area contributed by atoms with Crippen LogP contribution >= 0.6 is 12.2 Å². The molecular weight excluding hydrogens is 326 g/mol. The van der Waals surface area contributed by atoms with E-state index in [-0.39, 0.29) is 10.7 Å². The van der Waals surface area contributed by atoms with Crippen molar-refractivity contribution in [1.29, 1.82) is 0 Å². The minimum absolute atomic E-state index is 0.0215. The molecule has 24 heavy (non-hydrogen) atoms. The Morgan fingerprint density at radius 3 is 2.67 bits per heavy atom. The molecule has 1 saturated heterocycles. The number of carbonyl (C=O) groups excluding carboxylic acids is 2. The first-order valence-corrected chi connectivity index (χ1v) is 7.59. The fraction of sp³-hybridized carbons (Fsp3) is 0.118. The number of thiocarbonyl (C=S) groups is 1. The SMILES string of the molecule is COc1cccc(N2C(=O)/C(=C/c3cccn3C)C(=O)NC2=S)c1. The Bertz CT molecular complexity index is 869. The van der Waals surface area contributed by atoms with E-state index in [1.807, 2.05) is 29.9 Å². The average molecular weight is 341 g/mol. The number of nitrogens with zero attached hydrogens (tertiary/aromatic N) is 2. The van der Waals surface area contributed by atoms with Gasteiger partial charge in [-0.25, -0.2) is 0 Å². The van der Waals surface area contributed by atoms with Gasteiger partial charge in [0.1, 0.15) is 11.3 Å². The highest BCUT2D eigenvalue weighted by atomic mass is 32.1. The van der Waals surface area contributed by atoms with Gasteiger partial charge in [0.2, 0.25) is 0 Å². The maximum atomic E-state index is 12.8. The highest BCUT2D eigenvalue weighted by molar-refractivity contribution is 7.80. The van der Waals surface area contributed by atoms with E-state index in [4.69, 9.17) is 17.0 Å². The topological polar surface area (TPSA) is 63.6 Å². The number of ether oxygens (including phenoxy) is 1. The summed E-state index contributed by atoms with van der Waals surface area (Å²) in [6.07, 6.45) is 3.38. The molecule has 2 aromatic rings. The molecular formula is C17H15N3O3S. The van der Waals surface area contributed by atoms with Crippen LogP contribution in [0.2, 0.25) is 0 Å². The first-order chi connectivity index (χ1) is 11.5. The maximum Gasteiger partial charge on any atom is 0.270 e. The van der Waals surface area contributed by atoms with E-state index in [0.29, 0.717) is 11.4 Å². The van der Waals surface area contributed by atoms with Gasteiger partial charge in [-0.05, 0) is 42.6 Å². The van der Waals surface area contributed by atoms with Gasteiger partial charge in [-0.15, -0.1) is 0 Å². The van der Waals surface area contributed by atoms with Crippen molar-refractivity contribution >= 4 is 40.9 Å². The molecule has 0 unspecified atom stereocenters. The first-order valence-electron chi connectivity index (χ1n) is 7.18. The lowest BCUT2D eigenvalue weighted by Crippen LogP contribution is -2.54. The molecule has 0 radical (unpaired) electrons. The van der Waals surface area contributed by atoms with Crippen LogP contribution in [0.25, 0.3) is 6.08 Å². The Morgan fingerprint density at radius 1 is 1.21 bits per heavy atom. The van der Waals surface area contributed by atoms with Crippen molar-refractivity contribution in [3.05, 3.63) is 53.9 Å². The fourth-order valence-electron chi connectivity index (χ4n) is 2.41. The zero-order chi connectivity index (χ0) is 17.3. The Labute approximate surface area is 144 Å². The van der Waals surface area contributed by atoms with Gasteiger partial charge < -0.3 is 9.30 Å². The summed E-state index contributed by atoms with van der Waals surface area (Å²) in [5, 5.41) is 2.60. The molecule has 122 valence electrons. The fourth-order valence-corrected chi connectivity index (χ4v) is 2.69. The van der Waals surface area contributed by atoms with Crippen LogP contribution in [0.15, 0.2) is 48.2 Å². The van der Waals surface area contributed by atoms with E-state index in [1.54, 1.807) is 30.3 Å². The summed E-state index contributed by atoms with van der Waals surface area (Å²) in [5.41, 5.74) is 1.29. The Kier molecular flexibility index (Phi) is 4.18. The van der Waals surface area contributed by atoms with Crippen molar-refractivity contribution in [1.82, 2.24) is 9.88 Å². The van der Waals surface area contributed by atoms with Crippen LogP contribution in [0, 0.1) is 0 Å². The summed E-state index contributed by atoms with van der Waals surface area (Å²) < 4.78 is 6.99. The van der Waals surface area contributed by atoms with Gasteiger partial charge in [0.25, 0.3) is 11.8 Å². The quantitative estimate of drug-likeness (QED) is 0.526. The molecule has 1 aliphatic heterocycles. The van der Waals surface area contributed by atoms with E-state index in [0.717, 1.165) is 5.69 Å². The van der Waals surface area contributed by atoms with Crippen LogP contribution in [0.3, 0.4) is 0 Å². The van der Waals surface area contributed by atoms with Gasteiger partial charge >= 0.3 is 0 Å². The van der Waals surface area contributed by atoms with Gasteiger partial charge in [0.15, 0.2) is 5.11 Å². The second kappa shape index (κ2) is 6.29. The van der Waals surface area contributed by atoms with Crippen molar-refractivity contribution < 1.29 is 14.3 Å². The molecule has 0 atom stereocenters. The molecule has 0 bridgehead atoms. The molecule has 3 rings (SSSR count). The van der Waals surface area contributed by atoms with Crippen LogP contribution in [-0.4, -0.2) is 28.6 Å². The second-order valence-corrected chi connectivity index (χ2v) is 5.59. The third-order valence-electron chi connectivity index (χ3n) is 3.69. The number of benzene rings is 1. The van der Waals surface area contributed by atoms with Crippen LogP contribution in [0.4, 0.5) is 5.69 Å². The zero-order valence-electron chi connectivity index (χ0n) is 13.1. The molecule has 0 saturated carbocycles. The Balaban J connectivity index is 2.03. The number of hydrogen-bond donors (Lipinski definition) is 1. The van der Waals surface area contributed by atoms with E-state index in [1.165, 1.54) is 12.0 Å². The third kappa shape index (κ3) is 2.81. The van der Waals surface area contributed by atoms with Gasteiger partial charge in [-0.3, -0.25) is 19.8 Å². The maximum absolute atomic E-state index is 12.8. The Hall–Kier alpha value is -2.93. The molecule has 1 aliphatic rings. The predicted molar refractivity (Wildman–Crippen MR) is 94.6 cm³/mol. The monoisotopic (exact) mass is 341 g/mol. The van der Waals surface area contributed by atoms with Crippen molar-refractivity contribution in [2.75, 3.05) is 12.0 Å². The molecule has 1 N–H and O–H groups in total. The largest absolute Gasteiger partial charge is 0.497 e. The highest BCUT2D eigenvalue weighted by Gasteiger charge is 2.34. The van der Waals surface area contributed by atoms with Gasteiger partial charge in [-0.1, -0.05) is 6.07 Å². The lowest BCUT2D eigenvalue weighted by atomic mass is 10.1. The number of amides is 2. The summed E-state index contributed by atoms with van der Waals surface area (Å²) in [5.74, 6) is -0.392. The number of hydrogen-bond acceptors (Lipinski definition) is 4. The minimum Gasteiger partial charge on any atom is -0.497 e. The van der Waals surface area contributed by atoms with E-state index >= 15 is 0 Å². The molecule has 1 fully saturated rings. The van der Waals surface area contributed by atoms with Crippen molar-refractivity contribution in [2.45, 2.75) is 0 Å². The molecule has 2 heterocycles. The zero-order valence-corrected chi connectivity index (χ0v) is 14.0. The summed E-state index contributed by atoms with van der Waals surface area (Å²) in [6.45, 7) is 0. The van der Waals surface area contributed by atoms with E-state index in [2.05, 4.69) is 5.32 Å². The summed E-state index contributed by atoms with van der Waals surface area (Å²) in [7, 11) is 3.38. The number of aromatic nitrogens is 1. The van der Waals surface area contributed by atoms with Crippen LogP contribution in [0.5, 0.6) is 5.75 Å². The second-order valence-electron chi connectivity index (χ2n) is 5.20. The number of carbonyl (C=O) groups is 2. The highest BCUT2D eigenvalue weighted by Crippen LogP contribution is 2.25. The third-order valence-corrected chi connectivity index (χ3v) is 3.97. The summed E-state index contributed by atoms with van der Waals surface area (Å²) in [6, 6.07) is 10.6. The lowest BCUT2D eigenvalue weighted by Gasteiger charge is -2.29. The predicted octanol–water partition coefficient (Wildman–Crippen LogP) is 1.86. The number of anilines is 1. The molecule has 7 heteroatoms. The lowest BCUT2D eigenvalue weighted by molar-refractivity contribution is -0.122. The molecule has 2 amide bonds.